The highest BCUT2D eigenvalue weighted by atomic mass is 15.3. The smallest absolute Gasteiger partial charge is 0.134 e. The predicted octanol–water partition coefficient (Wildman–Crippen LogP) is 2.44. The van der Waals surface area contributed by atoms with Crippen LogP contribution in [0.3, 0.4) is 0 Å². The lowest BCUT2D eigenvalue weighted by molar-refractivity contribution is 0.295. The average Bonchev–Trinajstić information content (AvgIpc) is 2.82. The molecule has 0 N–H and O–H groups in total. The molecule has 1 aromatic rings. The lowest BCUT2D eigenvalue weighted by atomic mass is 9.85. The van der Waals surface area contributed by atoms with Gasteiger partial charge in [0.05, 0.1) is 0 Å². The van der Waals surface area contributed by atoms with Gasteiger partial charge >= 0.3 is 0 Å². The molecule has 4 nitrogen and oxygen atoms in total. The monoisotopic (exact) mass is 272 g/mol. The van der Waals surface area contributed by atoms with E-state index in [1.807, 2.05) is 6.33 Å². The summed E-state index contributed by atoms with van der Waals surface area (Å²) < 4.78 is 2.19. The summed E-state index contributed by atoms with van der Waals surface area (Å²) >= 11 is 0. The molecule has 2 heterocycles. The van der Waals surface area contributed by atoms with Crippen LogP contribution >= 0.6 is 0 Å². The molecule has 4 heteroatoms. The Morgan fingerprint density at radius 1 is 1.35 bits per heavy atom. The zero-order valence-corrected chi connectivity index (χ0v) is 12.4. The van der Waals surface area contributed by atoms with Crippen molar-refractivity contribution in [2.45, 2.75) is 39.2 Å². The normalized spacial score (nSPS) is 23.9. The predicted molar refractivity (Wildman–Crippen MR) is 80.4 cm³/mol. The van der Waals surface area contributed by atoms with Gasteiger partial charge in [0.1, 0.15) is 12.2 Å². The maximum Gasteiger partial charge on any atom is 0.134 e. The van der Waals surface area contributed by atoms with E-state index in [4.69, 9.17) is 0 Å². The summed E-state index contributed by atoms with van der Waals surface area (Å²) in [6.45, 7) is 10.6. The fourth-order valence-corrected chi connectivity index (χ4v) is 3.20. The van der Waals surface area contributed by atoms with Gasteiger partial charge in [-0.1, -0.05) is 23.8 Å². The van der Waals surface area contributed by atoms with E-state index >= 15 is 0 Å². The van der Waals surface area contributed by atoms with Crippen LogP contribution in [-0.2, 0) is 13.0 Å². The van der Waals surface area contributed by atoms with Gasteiger partial charge in [0.2, 0.25) is 0 Å². The summed E-state index contributed by atoms with van der Waals surface area (Å²) in [5.41, 5.74) is 2.95. The Hall–Kier alpha value is -1.42. The third-order valence-electron chi connectivity index (χ3n) is 4.63. The summed E-state index contributed by atoms with van der Waals surface area (Å²) in [4.78, 5) is 2.56. The number of hydrogen-bond donors (Lipinski definition) is 0. The molecule has 0 saturated carbocycles. The van der Waals surface area contributed by atoms with Crippen LogP contribution in [-0.4, -0.2) is 39.3 Å². The fraction of sp³-hybridized carbons (Fsp3) is 0.625. The first kappa shape index (κ1) is 13.6. The average molecular weight is 272 g/mol. The van der Waals surface area contributed by atoms with Gasteiger partial charge in [0.25, 0.3) is 0 Å². The van der Waals surface area contributed by atoms with Crippen LogP contribution in [0.25, 0.3) is 0 Å². The van der Waals surface area contributed by atoms with Crippen LogP contribution in [0.1, 0.15) is 32.0 Å². The van der Waals surface area contributed by atoms with Crippen molar-refractivity contribution >= 4 is 0 Å². The van der Waals surface area contributed by atoms with Gasteiger partial charge in [0.15, 0.2) is 0 Å². The molecule has 1 aliphatic carbocycles. The van der Waals surface area contributed by atoms with Crippen molar-refractivity contribution in [3.63, 3.8) is 0 Å². The molecule has 108 valence electrons. The van der Waals surface area contributed by atoms with Crippen molar-refractivity contribution in [2.75, 3.05) is 19.6 Å². The van der Waals surface area contributed by atoms with E-state index in [9.17, 15) is 0 Å². The minimum atomic E-state index is 0.707. The molecule has 1 atom stereocenters. The first-order chi connectivity index (χ1) is 9.72. The molecule has 2 aliphatic rings. The minimum Gasteiger partial charge on any atom is -0.316 e. The first-order valence-corrected chi connectivity index (χ1v) is 7.64. The molecule has 20 heavy (non-hydrogen) atoms. The highest BCUT2D eigenvalue weighted by Crippen LogP contribution is 2.28. The largest absolute Gasteiger partial charge is 0.316 e. The van der Waals surface area contributed by atoms with E-state index in [-0.39, 0.29) is 0 Å². The maximum absolute atomic E-state index is 4.19. The Kier molecular flexibility index (Phi) is 4.01. The SMILES string of the molecule is C=C(C)[C@@H]1CC=C(CN2CCc3nncn3CC2)CC1. The van der Waals surface area contributed by atoms with Crippen LogP contribution < -0.4 is 0 Å². The van der Waals surface area contributed by atoms with E-state index < -0.39 is 0 Å². The van der Waals surface area contributed by atoms with Gasteiger partial charge in [-0.05, 0) is 32.1 Å². The Bertz CT molecular complexity index is 492. The second kappa shape index (κ2) is 5.92. The van der Waals surface area contributed by atoms with E-state index in [0.29, 0.717) is 5.92 Å². The Morgan fingerprint density at radius 3 is 3.00 bits per heavy atom. The molecule has 0 fully saturated rings. The van der Waals surface area contributed by atoms with E-state index in [2.05, 4.69) is 39.2 Å². The molecule has 0 saturated heterocycles. The van der Waals surface area contributed by atoms with Crippen LogP contribution in [0.5, 0.6) is 0 Å². The summed E-state index contributed by atoms with van der Waals surface area (Å²) in [5, 5.41) is 8.18. The van der Waals surface area contributed by atoms with Gasteiger partial charge in [-0.25, -0.2) is 0 Å². The lowest BCUT2D eigenvalue weighted by Crippen LogP contribution is -2.30. The molecule has 0 amide bonds. The third-order valence-corrected chi connectivity index (χ3v) is 4.63. The van der Waals surface area contributed by atoms with E-state index in [0.717, 1.165) is 38.4 Å². The Morgan fingerprint density at radius 2 is 2.25 bits per heavy atom. The zero-order valence-electron chi connectivity index (χ0n) is 12.4. The number of hydrogen-bond acceptors (Lipinski definition) is 3. The molecule has 0 radical (unpaired) electrons. The molecule has 0 unspecified atom stereocenters. The molecule has 3 rings (SSSR count). The van der Waals surface area contributed by atoms with E-state index in [1.165, 1.54) is 24.8 Å². The van der Waals surface area contributed by atoms with Crippen molar-refractivity contribution in [2.24, 2.45) is 5.92 Å². The summed E-state index contributed by atoms with van der Waals surface area (Å²) in [7, 11) is 0. The number of nitrogens with zero attached hydrogens (tertiary/aromatic N) is 4. The number of aromatic nitrogens is 3. The summed E-state index contributed by atoms with van der Waals surface area (Å²) in [6, 6.07) is 0. The first-order valence-electron chi connectivity index (χ1n) is 7.64. The maximum atomic E-state index is 4.19. The second-order valence-corrected chi connectivity index (χ2v) is 6.15. The number of rotatable bonds is 3. The molecule has 1 aromatic heterocycles. The summed E-state index contributed by atoms with van der Waals surface area (Å²) in [6.07, 6.45) is 9.02. The van der Waals surface area contributed by atoms with Crippen molar-refractivity contribution in [3.8, 4) is 0 Å². The van der Waals surface area contributed by atoms with Crippen molar-refractivity contribution in [1.82, 2.24) is 19.7 Å². The molecule has 0 bridgehead atoms. The molecular weight excluding hydrogens is 248 g/mol. The van der Waals surface area contributed by atoms with Crippen molar-refractivity contribution in [1.29, 1.82) is 0 Å². The van der Waals surface area contributed by atoms with E-state index in [1.54, 1.807) is 5.57 Å². The topological polar surface area (TPSA) is 34.0 Å². The van der Waals surface area contributed by atoms with Gasteiger partial charge < -0.3 is 4.57 Å². The molecule has 1 aliphatic heterocycles. The minimum absolute atomic E-state index is 0.707. The van der Waals surface area contributed by atoms with Crippen LogP contribution in [0.4, 0.5) is 0 Å². The van der Waals surface area contributed by atoms with Gasteiger partial charge in [-0.3, -0.25) is 4.90 Å². The number of allylic oxidation sites excluding steroid dienone is 2. The summed E-state index contributed by atoms with van der Waals surface area (Å²) in [5.74, 6) is 1.84. The Labute approximate surface area is 121 Å². The quantitative estimate of drug-likeness (QED) is 0.793. The van der Waals surface area contributed by atoms with Crippen LogP contribution in [0, 0.1) is 5.92 Å². The lowest BCUT2D eigenvalue weighted by Gasteiger charge is -2.26. The fourth-order valence-electron chi connectivity index (χ4n) is 3.20. The zero-order chi connectivity index (χ0) is 13.9. The van der Waals surface area contributed by atoms with Gasteiger partial charge in [0, 0.05) is 32.6 Å². The van der Waals surface area contributed by atoms with Crippen LogP contribution in [0.2, 0.25) is 0 Å². The van der Waals surface area contributed by atoms with Crippen molar-refractivity contribution in [3.05, 3.63) is 36.0 Å². The highest BCUT2D eigenvalue weighted by Gasteiger charge is 2.19. The van der Waals surface area contributed by atoms with Gasteiger partial charge in [-0.15, -0.1) is 10.2 Å². The van der Waals surface area contributed by atoms with Crippen molar-refractivity contribution < 1.29 is 0 Å². The van der Waals surface area contributed by atoms with Gasteiger partial charge in [-0.2, -0.15) is 0 Å². The molecular formula is C16H24N4. The second-order valence-electron chi connectivity index (χ2n) is 6.15. The number of fused-ring (bicyclic) bond motifs is 1. The highest BCUT2D eigenvalue weighted by molar-refractivity contribution is 5.13. The molecule has 0 spiro atoms. The molecule has 0 aromatic carbocycles. The van der Waals surface area contributed by atoms with Crippen LogP contribution in [0.15, 0.2) is 30.1 Å². The Balaban J connectivity index is 1.54. The standard InChI is InChI=1S/C16H24N4/c1-13(2)15-5-3-14(4-6-15)11-19-8-7-16-18-17-12-20(16)10-9-19/h3,12,15H,1,4-11H2,2H3/t15-/m1/s1. The third kappa shape index (κ3) is 3.01.